The molecule has 2 aromatic heterocycles. The van der Waals surface area contributed by atoms with Gasteiger partial charge >= 0.3 is 0 Å². The second-order valence-corrected chi connectivity index (χ2v) is 7.61. The molecule has 0 N–H and O–H groups in total. The van der Waals surface area contributed by atoms with Crippen molar-refractivity contribution in [1.82, 2.24) is 14.8 Å². The normalized spacial score (nSPS) is 15.9. The largest absolute Gasteiger partial charge is 0.461 e. The van der Waals surface area contributed by atoms with Crippen LogP contribution in [0.25, 0.3) is 11.6 Å². The van der Waals surface area contributed by atoms with Gasteiger partial charge in [-0.3, -0.25) is 9.36 Å². The molecule has 140 valence electrons. The molecule has 1 aliphatic heterocycles. The molecular weight excluding hydrogens is 360 g/mol. The highest BCUT2D eigenvalue weighted by Gasteiger charge is 2.30. The summed E-state index contributed by atoms with van der Waals surface area (Å²) >= 11 is 1.43. The first-order valence-electron chi connectivity index (χ1n) is 9.19. The number of furan rings is 1. The predicted octanol–water partition coefficient (Wildman–Crippen LogP) is 4.02. The summed E-state index contributed by atoms with van der Waals surface area (Å²) in [5.41, 5.74) is 2.26. The Morgan fingerprint density at radius 3 is 2.89 bits per heavy atom. The number of hydrogen-bond acceptors (Lipinski definition) is 5. The van der Waals surface area contributed by atoms with Crippen LogP contribution in [0.1, 0.15) is 25.8 Å². The quantitative estimate of drug-likeness (QED) is 0.603. The number of carbonyl (C=O) groups is 1. The first kappa shape index (κ1) is 17.9. The first-order valence-corrected chi connectivity index (χ1v) is 10.2. The van der Waals surface area contributed by atoms with Crippen molar-refractivity contribution in [3.63, 3.8) is 0 Å². The van der Waals surface area contributed by atoms with Crippen molar-refractivity contribution >= 4 is 23.4 Å². The lowest BCUT2D eigenvalue weighted by Crippen LogP contribution is -2.37. The van der Waals surface area contributed by atoms with Gasteiger partial charge in [-0.25, -0.2) is 0 Å². The van der Waals surface area contributed by atoms with Crippen molar-refractivity contribution < 1.29 is 9.21 Å². The van der Waals surface area contributed by atoms with Gasteiger partial charge in [0.05, 0.1) is 12.0 Å². The number of rotatable bonds is 6. The Morgan fingerprint density at radius 1 is 1.26 bits per heavy atom. The van der Waals surface area contributed by atoms with Gasteiger partial charge < -0.3 is 9.32 Å². The summed E-state index contributed by atoms with van der Waals surface area (Å²) in [7, 11) is 0. The molecule has 0 aliphatic carbocycles. The van der Waals surface area contributed by atoms with Crippen LogP contribution < -0.4 is 4.90 Å². The molecule has 0 fully saturated rings. The Bertz CT molecular complexity index is 935. The molecule has 0 radical (unpaired) electrons. The lowest BCUT2D eigenvalue weighted by Gasteiger charge is -2.22. The smallest absolute Gasteiger partial charge is 0.237 e. The van der Waals surface area contributed by atoms with Crippen LogP contribution in [0.5, 0.6) is 0 Å². The molecule has 4 rings (SSSR count). The number of nitrogens with zero attached hydrogens (tertiary/aromatic N) is 4. The fraction of sp³-hybridized carbons (Fsp3) is 0.350. The number of anilines is 1. The molecule has 6 nitrogen and oxygen atoms in total. The number of benzene rings is 1. The fourth-order valence-electron chi connectivity index (χ4n) is 3.55. The van der Waals surface area contributed by atoms with Crippen molar-refractivity contribution in [2.75, 3.05) is 10.7 Å². The van der Waals surface area contributed by atoms with E-state index in [0.717, 1.165) is 30.2 Å². The van der Waals surface area contributed by atoms with Crippen molar-refractivity contribution in [1.29, 1.82) is 0 Å². The SMILES string of the molecule is CCCn1c(SCC(=O)N2c3ccccc3C[C@H]2C)nnc1-c1ccco1. The van der Waals surface area contributed by atoms with Gasteiger partial charge in [0, 0.05) is 18.3 Å². The zero-order valence-electron chi connectivity index (χ0n) is 15.5. The molecule has 27 heavy (non-hydrogen) atoms. The van der Waals surface area contributed by atoms with E-state index < -0.39 is 0 Å². The van der Waals surface area contributed by atoms with Gasteiger partial charge in [-0.1, -0.05) is 36.9 Å². The van der Waals surface area contributed by atoms with Crippen LogP contribution in [-0.2, 0) is 17.8 Å². The Kier molecular flexibility index (Phi) is 5.03. The predicted molar refractivity (Wildman–Crippen MR) is 106 cm³/mol. The molecule has 3 heterocycles. The van der Waals surface area contributed by atoms with Crippen molar-refractivity contribution in [3.05, 3.63) is 48.2 Å². The number of aromatic nitrogens is 3. The van der Waals surface area contributed by atoms with Gasteiger partial charge in [-0.15, -0.1) is 10.2 Å². The van der Waals surface area contributed by atoms with E-state index in [9.17, 15) is 4.79 Å². The summed E-state index contributed by atoms with van der Waals surface area (Å²) in [6.07, 6.45) is 3.48. The molecule has 3 aromatic rings. The number of carbonyl (C=O) groups excluding carboxylic acids is 1. The zero-order valence-corrected chi connectivity index (χ0v) is 16.3. The molecule has 0 spiro atoms. The average molecular weight is 382 g/mol. The van der Waals surface area contributed by atoms with E-state index in [0.29, 0.717) is 17.3 Å². The Balaban J connectivity index is 1.51. The highest BCUT2D eigenvalue weighted by atomic mass is 32.2. The van der Waals surface area contributed by atoms with E-state index in [4.69, 9.17) is 4.42 Å². The second-order valence-electron chi connectivity index (χ2n) is 6.67. The molecule has 1 aromatic carbocycles. The van der Waals surface area contributed by atoms with Crippen LogP contribution in [0.4, 0.5) is 5.69 Å². The average Bonchev–Trinajstić information content (AvgIpc) is 3.38. The molecule has 1 amide bonds. The van der Waals surface area contributed by atoms with Crippen molar-refractivity contribution in [2.24, 2.45) is 0 Å². The summed E-state index contributed by atoms with van der Waals surface area (Å²) in [6, 6.07) is 12.0. The van der Waals surface area contributed by atoms with E-state index >= 15 is 0 Å². The van der Waals surface area contributed by atoms with E-state index in [2.05, 4.69) is 30.1 Å². The lowest BCUT2D eigenvalue weighted by atomic mass is 10.1. The summed E-state index contributed by atoms with van der Waals surface area (Å²) in [5, 5.41) is 9.32. The maximum Gasteiger partial charge on any atom is 0.237 e. The van der Waals surface area contributed by atoms with Crippen molar-refractivity contribution in [3.8, 4) is 11.6 Å². The van der Waals surface area contributed by atoms with Gasteiger partial charge in [-0.2, -0.15) is 0 Å². The number of amides is 1. The molecule has 0 unspecified atom stereocenters. The summed E-state index contributed by atoms with van der Waals surface area (Å²) in [6.45, 7) is 4.98. The number of hydrogen-bond donors (Lipinski definition) is 0. The Morgan fingerprint density at radius 2 is 2.11 bits per heavy atom. The van der Waals surface area contributed by atoms with Crippen LogP contribution in [-0.4, -0.2) is 32.5 Å². The van der Waals surface area contributed by atoms with Crippen LogP contribution in [0, 0.1) is 0 Å². The van der Waals surface area contributed by atoms with Crippen LogP contribution in [0.3, 0.4) is 0 Å². The van der Waals surface area contributed by atoms with E-state index in [1.54, 1.807) is 6.26 Å². The molecule has 0 bridgehead atoms. The third kappa shape index (κ3) is 3.39. The number of fused-ring (bicyclic) bond motifs is 1. The Labute approximate surface area is 162 Å². The van der Waals surface area contributed by atoms with E-state index in [1.165, 1.54) is 17.3 Å². The minimum Gasteiger partial charge on any atom is -0.461 e. The summed E-state index contributed by atoms with van der Waals surface area (Å²) < 4.78 is 7.50. The highest BCUT2D eigenvalue weighted by molar-refractivity contribution is 7.99. The molecule has 1 atom stereocenters. The zero-order chi connectivity index (χ0) is 18.8. The fourth-order valence-corrected chi connectivity index (χ4v) is 4.37. The first-order chi connectivity index (χ1) is 13.2. The minimum absolute atomic E-state index is 0.100. The van der Waals surface area contributed by atoms with Gasteiger partial charge in [0.25, 0.3) is 0 Å². The van der Waals surface area contributed by atoms with Crippen molar-refractivity contribution in [2.45, 2.75) is 44.4 Å². The lowest BCUT2D eigenvalue weighted by molar-refractivity contribution is -0.116. The standard InChI is InChI=1S/C20H22N4O2S/c1-3-10-23-19(17-9-6-11-26-17)21-22-20(23)27-13-18(25)24-14(2)12-15-7-4-5-8-16(15)24/h4-9,11,14H,3,10,12-13H2,1-2H3/t14-/m1/s1. The molecule has 0 saturated heterocycles. The molecular formula is C20H22N4O2S. The minimum atomic E-state index is 0.100. The Hall–Kier alpha value is -2.54. The van der Waals surface area contributed by atoms with Gasteiger partial charge in [0.1, 0.15) is 0 Å². The summed E-state index contributed by atoms with van der Waals surface area (Å²) in [5.74, 6) is 1.83. The van der Waals surface area contributed by atoms with Crippen LogP contribution >= 0.6 is 11.8 Å². The monoisotopic (exact) mass is 382 g/mol. The second kappa shape index (κ2) is 7.60. The van der Waals surface area contributed by atoms with Gasteiger partial charge in [-0.05, 0) is 43.5 Å². The summed E-state index contributed by atoms with van der Waals surface area (Å²) in [4.78, 5) is 14.8. The maximum absolute atomic E-state index is 12.9. The topological polar surface area (TPSA) is 64.2 Å². The third-order valence-electron chi connectivity index (χ3n) is 4.71. The van der Waals surface area contributed by atoms with Gasteiger partial charge in [0.15, 0.2) is 16.7 Å². The number of thioether (sulfide) groups is 1. The van der Waals surface area contributed by atoms with Gasteiger partial charge in [0.2, 0.25) is 5.91 Å². The van der Waals surface area contributed by atoms with Crippen LogP contribution in [0.2, 0.25) is 0 Å². The van der Waals surface area contributed by atoms with Crippen LogP contribution in [0.15, 0.2) is 52.2 Å². The van der Waals surface area contributed by atoms with E-state index in [-0.39, 0.29) is 11.9 Å². The maximum atomic E-state index is 12.9. The molecule has 1 aliphatic rings. The highest BCUT2D eigenvalue weighted by Crippen LogP contribution is 2.33. The number of para-hydroxylation sites is 1. The van der Waals surface area contributed by atoms with E-state index in [1.807, 2.05) is 39.8 Å². The third-order valence-corrected chi connectivity index (χ3v) is 5.66. The molecule has 7 heteroatoms. The molecule has 0 saturated carbocycles.